The van der Waals surface area contributed by atoms with Crippen LogP contribution in [0.4, 0.5) is 0 Å². The number of aryl methyl sites for hydroxylation is 1. The number of fused-ring (bicyclic) bond motifs is 3. The van der Waals surface area contributed by atoms with E-state index < -0.39 is 0 Å². The Kier molecular flexibility index (Phi) is 4.42. The Morgan fingerprint density at radius 3 is 2.95 bits per heavy atom. The maximum Gasteiger partial charge on any atom is 0.0104 e. The maximum absolute atomic E-state index is 3.50. The minimum Gasteiger partial charge on any atom is -0.315 e. The van der Waals surface area contributed by atoms with Gasteiger partial charge in [0.1, 0.15) is 0 Å². The fourth-order valence-electron chi connectivity index (χ4n) is 3.98. The van der Waals surface area contributed by atoms with Crippen molar-refractivity contribution in [3.05, 3.63) is 35.4 Å². The van der Waals surface area contributed by atoms with Gasteiger partial charge < -0.3 is 10.2 Å². The Morgan fingerprint density at radius 1 is 1.25 bits per heavy atom. The molecule has 0 aromatic heterocycles. The molecule has 110 valence electrons. The molecule has 0 amide bonds. The summed E-state index contributed by atoms with van der Waals surface area (Å²) in [6, 6.07) is 9.12. The van der Waals surface area contributed by atoms with Crippen molar-refractivity contribution >= 4 is 0 Å². The molecule has 0 bridgehead atoms. The molecule has 0 spiro atoms. The van der Waals surface area contributed by atoms with E-state index in [1.807, 2.05) is 0 Å². The molecule has 2 aliphatic rings. The third-order valence-electron chi connectivity index (χ3n) is 5.11. The Morgan fingerprint density at radius 2 is 2.10 bits per heavy atom. The molecule has 0 saturated heterocycles. The second kappa shape index (κ2) is 6.28. The lowest BCUT2D eigenvalue weighted by molar-refractivity contribution is 0.310. The van der Waals surface area contributed by atoms with Gasteiger partial charge in [0.15, 0.2) is 0 Å². The van der Waals surface area contributed by atoms with Gasteiger partial charge in [-0.2, -0.15) is 0 Å². The standard InChI is InChI=1S/C18H28N2/c1-3-10-19-11-12-20(2)13-17-16-9-8-14-6-4-5-7-15(14)18(16)17/h4-7,16-19H,3,8-13H2,1-2H3. The number of rotatable bonds is 7. The predicted octanol–water partition coefficient (Wildman–Crippen LogP) is 2.89. The maximum atomic E-state index is 3.50. The number of nitrogens with zero attached hydrogens (tertiary/aromatic N) is 1. The molecule has 2 nitrogen and oxygen atoms in total. The summed E-state index contributed by atoms with van der Waals surface area (Å²) in [5.41, 5.74) is 3.27. The van der Waals surface area contributed by atoms with Gasteiger partial charge in [-0.25, -0.2) is 0 Å². The summed E-state index contributed by atoms with van der Waals surface area (Å²) < 4.78 is 0. The van der Waals surface area contributed by atoms with Crippen molar-refractivity contribution in [3.8, 4) is 0 Å². The van der Waals surface area contributed by atoms with Gasteiger partial charge in [0, 0.05) is 19.6 Å². The zero-order chi connectivity index (χ0) is 13.9. The number of hydrogen-bond donors (Lipinski definition) is 1. The van der Waals surface area contributed by atoms with Gasteiger partial charge >= 0.3 is 0 Å². The number of hydrogen-bond acceptors (Lipinski definition) is 2. The molecule has 0 radical (unpaired) electrons. The number of nitrogens with one attached hydrogen (secondary N) is 1. The van der Waals surface area contributed by atoms with Crippen LogP contribution in [0, 0.1) is 11.8 Å². The van der Waals surface area contributed by atoms with E-state index in [1.165, 1.54) is 32.4 Å². The van der Waals surface area contributed by atoms with Crippen molar-refractivity contribution in [2.75, 3.05) is 33.2 Å². The van der Waals surface area contributed by atoms with Crippen LogP contribution in [0.1, 0.15) is 36.8 Å². The van der Waals surface area contributed by atoms with Crippen molar-refractivity contribution in [2.24, 2.45) is 11.8 Å². The topological polar surface area (TPSA) is 15.3 Å². The SMILES string of the molecule is CCCNCCN(C)CC1C2CCc3ccccc3C21. The average Bonchev–Trinajstić information content (AvgIpc) is 3.17. The Labute approximate surface area is 123 Å². The molecular weight excluding hydrogens is 244 g/mol. The summed E-state index contributed by atoms with van der Waals surface area (Å²) >= 11 is 0. The Balaban J connectivity index is 1.49. The minimum atomic E-state index is 0.867. The van der Waals surface area contributed by atoms with Crippen LogP contribution in [0.5, 0.6) is 0 Å². The van der Waals surface area contributed by atoms with E-state index >= 15 is 0 Å². The van der Waals surface area contributed by atoms with Crippen molar-refractivity contribution in [1.29, 1.82) is 0 Å². The largest absolute Gasteiger partial charge is 0.315 e. The van der Waals surface area contributed by atoms with Crippen molar-refractivity contribution in [2.45, 2.75) is 32.1 Å². The highest BCUT2D eigenvalue weighted by molar-refractivity contribution is 5.39. The van der Waals surface area contributed by atoms with Gasteiger partial charge in [-0.3, -0.25) is 0 Å². The van der Waals surface area contributed by atoms with Gasteiger partial charge in [-0.05, 0) is 61.7 Å². The molecule has 20 heavy (non-hydrogen) atoms. The van der Waals surface area contributed by atoms with Gasteiger partial charge in [0.2, 0.25) is 0 Å². The van der Waals surface area contributed by atoms with E-state index in [0.717, 1.165) is 30.8 Å². The summed E-state index contributed by atoms with van der Waals surface area (Å²) in [5, 5.41) is 3.50. The molecule has 0 aliphatic heterocycles. The zero-order valence-corrected chi connectivity index (χ0v) is 12.9. The first-order chi connectivity index (χ1) is 9.81. The molecule has 0 heterocycles. The van der Waals surface area contributed by atoms with E-state index in [0.29, 0.717) is 0 Å². The van der Waals surface area contributed by atoms with Crippen LogP contribution in [0.2, 0.25) is 0 Å². The molecule has 2 aliphatic carbocycles. The molecule has 3 atom stereocenters. The molecule has 3 rings (SSSR count). The normalized spacial score (nSPS) is 27.2. The summed E-state index contributed by atoms with van der Waals surface area (Å²) in [4.78, 5) is 2.52. The third kappa shape index (κ3) is 2.91. The number of likely N-dealkylation sites (N-methyl/N-ethyl adjacent to an activating group) is 1. The fourth-order valence-corrected chi connectivity index (χ4v) is 3.98. The monoisotopic (exact) mass is 272 g/mol. The van der Waals surface area contributed by atoms with Crippen molar-refractivity contribution < 1.29 is 0 Å². The molecule has 1 aromatic rings. The van der Waals surface area contributed by atoms with Crippen LogP contribution >= 0.6 is 0 Å². The summed E-state index contributed by atoms with van der Waals surface area (Å²) in [6.07, 6.45) is 3.94. The molecule has 2 heteroatoms. The Hall–Kier alpha value is -0.860. The highest BCUT2D eigenvalue weighted by Crippen LogP contribution is 2.59. The van der Waals surface area contributed by atoms with E-state index in [-0.39, 0.29) is 0 Å². The van der Waals surface area contributed by atoms with Gasteiger partial charge in [-0.15, -0.1) is 0 Å². The fraction of sp³-hybridized carbons (Fsp3) is 0.667. The quantitative estimate of drug-likeness (QED) is 0.768. The van der Waals surface area contributed by atoms with Crippen molar-refractivity contribution in [3.63, 3.8) is 0 Å². The lowest BCUT2D eigenvalue weighted by atomic mass is 9.92. The van der Waals surface area contributed by atoms with Gasteiger partial charge in [-0.1, -0.05) is 31.2 Å². The third-order valence-corrected chi connectivity index (χ3v) is 5.11. The van der Waals surface area contributed by atoms with E-state index in [2.05, 4.69) is 48.5 Å². The molecule has 1 N–H and O–H groups in total. The van der Waals surface area contributed by atoms with Crippen LogP contribution in [-0.2, 0) is 6.42 Å². The zero-order valence-electron chi connectivity index (χ0n) is 12.9. The molecule has 1 fully saturated rings. The average molecular weight is 272 g/mol. The summed E-state index contributed by atoms with van der Waals surface area (Å²) in [5.74, 6) is 2.75. The predicted molar refractivity (Wildman–Crippen MR) is 85.1 cm³/mol. The molecule has 1 aromatic carbocycles. The second-order valence-electron chi connectivity index (χ2n) is 6.60. The lowest BCUT2D eigenvalue weighted by Crippen LogP contribution is -2.31. The summed E-state index contributed by atoms with van der Waals surface area (Å²) in [7, 11) is 2.28. The minimum absolute atomic E-state index is 0.867. The lowest BCUT2D eigenvalue weighted by Gasteiger charge is -2.17. The molecule has 1 saturated carbocycles. The van der Waals surface area contributed by atoms with E-state index in [4.69, 9.17) is 0 Å². The first-order valence-corrected chi connectivity index (χ1v) is 8.28. The first-order valence-electron chi connectivity index (χ1n) is 8.28. The second-order valence-corrected chi connectivity index (χ2v) is 6.60. The molecule has 3 unspecified atom stereocenters. The van der Waals surface area contributed by atoms with Crippen LogP contribution in [0.15, 0.2) is 24.3 Å². The highest BCUT2D eigenvalue weighted by atomic mass is 15.1. The first kappa shape index (κ1) is 14.1. The summed E-state index contributed by atoms with van der Waals surface area (Å²) in [6.45, 7) is 6.96. The highest BCUT2D eigenvalue weighted by Gasteiger charge is 2.52. The van der Waals surface area contributed by atoms with Crippen LogP contribution in [-0.4, -0.2) is 38.1 Å². The molecular formula is C18H28N2. The Bertz CT molecular complexity index is 443. The van der Waals surface area contributed by atoms with Gasteiger partial charge in [0.05, 0.1) is 0 Å². The number of benzene rings is 1. The van der Waals surface area contributed by atoms with E-state index in [1.54, 1.807) is 11.1 Å². The van der Waals surface area contributed by atoms with Crippen LogP contribution < -0.4 is 5.32 Å². The van der Waals surface area contributed by atoms with Crippen molar-refractivity contribution in [1.82, 2.24) is 10.2 Å². The smallest absolute Gasteiger partial charge is 0.0104 e. The van der Waals surface area contributed by atoms with E-state index in [9.17, 15) is 0 Å². The van der Waals surface area contributed by atoms with Gasteiger partial charge in [0.25, 0.3) is 0 Å². The van der Waals surface area contributed by atoms with Crippen LogP contribution in [0.25, 0.3) is 0 Å². The van der Waals surface area contributed by atoms with Crippen LogP contribution in [0.3, 0.4) is 0 Å².